The summed E-state index contributed by atoms with van der Waals surface area (Å²) in [6.45, 7) is 8.34. The van der Waals surface area contributed by atoms with Gasteiger partial charge >= 0.3 is 0 Å². The van der Waals surface area contributed by atoms with Crippen LogP contribution in [0.3, 0.4) is 0 Å². The van der Waals surface area contributed by atoms with Gasteiger partial charge in [-0.2, -0.15) is 5.11 Å². The second-order valence-corrected chi connectivity index (χ2v) is 5.17. The number of amides is 1. The monoisotopic (exact) mass is 319 g/mol. The van der Waals surface area contributed by atoms with E-state index in [-0.39, 0.29) is 35.7 Å². The first-order valence-electron chi connectivity index (χ1n) is 7.57. The van der Waals surface area contributed by atoms with Crippen LogP contribution in [0.2, 0.25) is 0 Å². The third-order valence-corrected chi connectivity index (χ3v) is 3.24. The molecule has 0 bridgehead atoms. The maximum atomic E-state index is 12.3. The van der Waals surface area contributed by atoms with Gasteiger partial charge in [0.2, 0.25) is 0 Å². The van der Waals surface area contributed by atoms with Crippen LogP contribution in [0.25, 0.3) is 0 Å². The van der Waals surface area contributed by atoms with E-state index in [1.165, 1.54) is 26.0 Å². The standard InChI is InChI=1S/C17H25N3O3/c1-5-7-9-15(12(3)20-18)17(23)19-16(13(4)21)11-10-14(22)8-6-2/h5,7,9,16,18H,1,6,8,10-11H2,2-4H3,(H,19,23)/b9-7-,15-12-,20-18?. The SMILES string of the molecule is C=C/C=C\C(C(=O)NC(CCC(=O)CCC)C(C)=O)=C(/C)N=N. The summed E-state index contributed by atoms with van der Waals surface area (Å²) < 4.78 is 0. The van der Waals surface area contributed by atoms with Gasteiger partial charge in [-0.1, -0.05) is 25.7 Å². The van der Waals surface area contributed by atoms with Crippen molar-refractivity contribution in [2.75, 3.05) is 0 Å². The number of hydrogen-bond donors (Lipinski definition) is 2. The molecule has 126 valence electrons. The van der Waals surface area contributed by atoms with Crippen LogP contribution in [-0.4, -0.2) is 23.5 Å². The molecule has 0 saturated carbocycles. The molecule has 0 fully saturated rings. The number of carbonyl (C=O) groups is 3. The van der Waals surface area contributed by atoms with Gasteiger partial charge in [0.05, 0.1) is 17.3 Å². The maximum Gasteiger partial charge on any atom is 0.253 e. The summed E-state index contributed by atoms with van der Waals surface area (Å²) in [7, 11) is 0. The largest absolute Gasteiger partial charge is 0.342 e. The Labute approximate surface area is 137 Å². The second-order valence-electron chi connectivity index (χ2n) is 5.17. The Balaban J connectivity index is 5.04. The zero-order chi connectivity index (χ0) is 17.8. The Bertz CT molecular complexity index is 533. The first-order valence-corrected chi connectivity index (χ1v) is 7.57. The van der Waals surface area contributed by atoms with Gasteiger partial charge in [0.15, 0.2) is 5.78 Å². The van der Waals surface area contributed by atoms with Crippen molar-refractivity contribution in [3.05, 3.63) is 36.1 Å². The molecule has 1 atom stereocenters. The molecule has 0 saturated heterocycles. The van der Waals surface area contributed by atoms with Crippen LogP contribution in [0.1, 0.15) is 46.5 Å². The van der Waals surface area contributed by atoms with E-state index in [1.54, 1.807) is 6.08 Å². The molecule has 0 aromatic rings. The summed E-state index contributed by atoms with van der Waals surface area (Å²) in [4.78, 5) is 35.6. The minimum atomic E-state index is -0.728. The second kappa shape index (κ2) is 11.2. The highest BCUT2D eigenvalue weighted by molar-refractivity contribution is 5.99. The van der Waals surface area contributed by atoms with Gasteiger partial charge in [-0.15, -0.1) is 0 Å². The van der Waals surface area contributed by atoms with Gasteiger partial charge in [0.25, 0.3) is 5.91 Å². The Morgan fingerprint density at radius 2 is 1.91 bits per heavy atom. The fourth-order valence-corrected chi connectivity index (χ4v) is 1.91. The van der Waals surface area contributed by atoms with E-state index in [9.17, 15) is 14.4 Å². The van der Waals surface area contributed by atoms with Crippen LogP contribution in [0.5, 0.6) is 0 Å². The van der Waals surface area contributed by atoms with Gasteiger partial charge in [-0.25, -0.2) is 5.53 Å². The smallest absolute Gasteiger partial charge is 0.253 e. The van der Waals surface area contributed by atoms with Crippen LogP contribution >= 0.6 is 0 Å². The van der Waals surface area contributed by atoms with E-state index < -0.39 is 11.9 Å². The lowest BCUT2D eigenvalue weighted by Gasteiger charge is -2.16. The molecule has 0 aromatic carbocycles. The van der Waals surface area contributed by atoms with E-state index in [1.807, 2.05) is 6.92 Å². The predicted molar refractivity (Wildman–Crippen MR) is 88.9 cm³/mol. The van der Waals surface area contributed by atoms with E-state index in [0.29, 0.717) is 6.42 Å². The lowest BCUT2D eigenvalue weighted by atomic mass is 10.0. The number of nitrogens with zero attached hydrogens (tertiary/aromatic N) is 1. The van der Waals surface area contributed by atoms with Crippen LogP contribution in [-0.2, 0) is 14.4 Å². The molecule has 0 aromatic heterocycles. The van der Waals surface area contributed by atoms with Crippen molar-refractivity contribution in [1.29, 1.82) is 5.53 Å². The number of allylic oxidation sites excluding steroid dienone is 3. The zero-order valence-corrected chi connectivity index (χ0v) is 14.0. The highest BCUT2D eigenvalue weighted by Crippen LogP contribution is 2.10. The van der Waals surface area contributed by atoms with Gasteiger partial charge < -0.3 is 5.32 Å². The molecule has 23 heavy (non-hydrogen) atoms. The van der Waals surface area contributed by atoms with E-state index in [2.05, 4.69) is 17.0 Å². The third-order valence-electron chi connectivity index (χ3n) is 3.24. The molecule has 0 radical (unpaired) electrons. The lowest BCUT2D eigenvalue weighted by molar-refractivity contribution is -0.125. The number of rotatable bonds is 11. The van der Waals surface area contributed by atoms with Crippen molar-refractivity contribution in [2.45, 2.75) is 52.5 Å². The molecular formula is C17H25N3O3. The van der Waals surface area contributed by atoms with Crippen LogP contribution in [0.4, 0.5) is 0 Å². The fourth-order valence-electron chi connectivity index (χ4n) is 1.91. The van der Waals surface area contributed by atoms with Crippen LogP contribution in [0.15, 0.2) is 41.2 Å². The molecule has 1 amide bonds. The Morgan fingerprint density at radius 3 is 2.39 bits per heavy atom. The molecular weight excluding hydrogens is 294 g/mol. The van der Waals surface area contributed by atoms with Crippen molar-refractivity contribution in [3.63, 3.8) is 0 Å². The molecule has 2 N–H and O–H groups in total. The minimum absolute atomic E-state index is 0.0765. The third kappa shape index (κ3) is 7.99. The highest BCUT2D eigenvalue weighted by Gasteiger charge is 2.20. The fraction of sp³-hybridized carbons (Fsp3) is 0.471. The Kier molecular flexibility index (Phi) is 10.1. The molecule has 0 spiro atoms. The quantitative estimate of drug-likeness (QED) is 0.347. The topological polar surface area (TPSA) is 99.4 Å². The van der Waals surface area contributed by atoms with E-state index >= 15 is 0 Å². The maximum absolute atomic E-state index is 12.3. The lowest BCUT2D eigenvalue weighted by Crippen LogP contribution is -2.40. The summed E-state index contributed by atoms with van der Waals surface area (Å²) in [6, 6.07) is -0.728. The minimum Gasteiger partial charge on any atom is -0.342 e. The zero-order valence-electron chi connectivity index (χ0n) is 14.0. The first-order chi connectivity index (χ1) is 10.9. The summed E-state index contributed by atoms with van der Waals surface area (Å²) >= 11 is 0. The van der Waals surface area contributed by atoms with Crippen molar-refractivity contribution in [1.82, 2.24) is 5.32 Å². The first kappa shape index (κ1) is 20.6. The Morgan fingerprint density at radius 1 is 1.26 bits per heavy atom. The molecule has 0 aliphatic rings. The molecule has 6 nitrogen and oxygen atoms in total. The van der Waals surface area contributed by atoms with Crippen molar-refractivity contribution >= 4 is 17.5 Å². The average Bonchev–Trinajstić information content (AvgIpc) is 2.51. The summed E-state index contributed by atoms with van der Waals surface area (Å²) in [5.74, 6) is -0.637. The number of carbonyl (C=O) groups excluding carboxylic acids is 3. The summed E-state index contributed by atoms with van der Waals surface area (Å²) in [5.41, 5.74) is 7.45. The number of hydrogen-bond acceptors (Lipinski definition) is 5. The molecule has 6 heteroatoms. The van der Waals surface area contributed by atoms with E-state index in [0.717, 1.165) is 6.42 Å². The van der Waals surface area contributed by atoms with E-state index in [4.69, 9.17) is 5.53 Å². The number of Topliss-reactive ketones (excluding diaryl/α,β-unsaturated/α-hetero) is 2. The average molecular weight is 319 g/mol. The molecule has 0 aliphatic carbocycles. The van der Waals surface area contributed by atoms with Gasteiger partial charge in [-0.05, 0) is 32.8 Å². The number of ketones is 2. The van der Waals surface area contributed by atoms with Gasteiger partial charge in [0, 0.05) is 12.8 Å². The van der Waals surface area contributed by atoms with Crippen LogP contribution < -0.4 is 5.32 Å². The molecule has 0 rings (SSSR count). The molecule has 1 unspecified atom stereocenters. The van der Waals surface area contributed by atoms with Crippen LogP contribution in [0, 0.1) is 5.53 Å². The normalized spacial score (nSPS) is 13.2. The highest BCUT2D eigenvalue weighted by atomic mass is 16.2. The number of nitrogens with one attached hydrogen (secondary N) is 2. The molecule has 0 aliphatic heterocycles. The summed E-state index contributed by atoms with van der Waals surface area (Å²) in [5, 5.41) is 5.87. The van der Waals surface area contributed by atoms with Crippen molar-refractivity contribution in [3.8, 4) is 0 Å². The summed E-state index contributed by atoms with van der Waals surface area (Å²) in [6.07, 6.45) is 6.29. The van der Waals surface area contributed by atoms with Gasteiger partial charge in [0.1, 0.15) is 5.78 Å². The van der Waals surface area contributed by atoms with Crippen molar-refractivity contribution in [2.24, 2.45) is 5.11 Å². The molecule has 0 heterocycles. The Hall–Kier alpha value is -2.37. The predicted octanol–water partition coefficient (Wildman–Crippen LogP) is 3.26. The van der Waals surface area contributed by atoms with Crippen molar-refractivity contribution < 1.29 is 14.4 Å². The van der Waals surface area contributed by atoms with Gasteiger partial charge in [-0.3, -0.25) is 14.4 Å².